The van der Waals surface area contributed by atoms with Crippen molar-refractivity contribution in [3.05, 3.63) is 58.1 Å². The van der Waals surface area contributed by atoms with E-state index < -0.39 is 28.9 Å². The van der Waals surface area contributed by atoms with Gasteiger partial charge in [-0.05, 0) is 67.9 Å². The Morgan fingerprint density at radius 2 is 1.97 bits per heavy atom. The number of carboxylic acids is 1. The van der Waals surface area contributed by atoms with Crippen molar-refractivity contribution in [1.82, 2.24) is 4.90 Å². The Balaban J connectivity index is 1.35. The van der Waals surface area contributed by atoms with Gasteiger partial charge in [0.25, 0.3) is 6.43 Å². The molecule has 6 nitrogen and oxygen atoms in total. The molecule has 2 aliphatic rings. The summed E-state index contributed by atoms with van der Waals surface area (Å²) in [5, 5.41) is 12.6. The fourth-order valence-corrected chi connectivity index (χ4v) is 4.51. The first-order chi connectivity index (χ1) is 14.8. The maximum atomic E-state index is 13.1. The van der Waals surface area contributed by atoms with Gasteiger partial charge in [0.2, 0.25) is 5.91 Å². The van der Waals surface area contributed by atoms with Gasteiger partial charge in [-0.15, -0.1) is 0 Å². The van der Waals surface area contributed by atoms with Crippen LogP contribution in [0, 0.1) is 0 Å². The van der Waals surface area contributed by atoms with Gasteiger partial charge in [0, 0.05) is 22.8 Å². The lowest BCUT2D eigenvalue weighted by Crippen LogP contribution is -2.47. The van der Waals surface area contributed by atoms with Crippen molar-refractivity contribution in [2.24, 2.45) is 0 Å². The van der Waals surface area contributed by atoms with Crippen molar-refractivity contribution in [2.75, 3.05) is 31.6 Å². The Morgan fingerprint density at radius 3 is 2.65 bits per heavy atom. The first kappa shape index (κ1) is 21.5. The number of carbonyl (C=O) groups is 2. The van der Waals surface area contributed by atoms with E-state index >= 15 is 0 Å². The highest BCUT2D eigenvalue weighted by atomic mass is 35.5. The SMILES string of the molecule is O=C(O)c1ccc(OCCN2CCC3(CC2)C(=O)Nc2ccc(Cl)cc23)cc1C(F)F. The van der Waals surface area contributed by atoms with Crippen LogP contribution in [0.4, 0.5) is 14.5 Å². The molecule has 1 fully saturated rings. The molecule has 1 amide bonds. The molecule has 0 unspecified atom stereocenters. The minimum absolute atomic E-state index is 0.00119. The smallest absolute Gasteiger partial charge is 0.336 e. The zero-order valence-corrected chi connectivity index (χ0v) is 17.3. The second-order valence-electron chi connectivity index (χ2n) is 7.77. The van der Waals surface area contributed by atoms with Crippen molar-refractivity contribution in [2.45, 2.75) is 24.7 Å². The molecule has 31 heavy (non-hydrogen) atoms. The van der Waals surface area contributed by atoms with Crippen LogP contribution >= 0.6 is 11.6 Å². The first-order valence-electron chi connectivity index (χ1n) is 9.92. The molecule has 2 N–H and O–H groups in total. The van der Waals surface area contributed by atoms with Crippen LogP contribution in [0.2, 0.25) is 5.02 Å². The van der Waals surface area contributed by atoms with Gasteiger partial charge in [0.05, 0.1) is 11.0 Å². The van der Waals surface area contributed by atoms with E-state index in [4.69, 9.17) is 21.4 Å². The van der Waals surface area contributed by atoms with E-state index in [1.54, 1.807) is 6.07 Å². The quantitative estimate of drug-likeness (QED) is 0.684. The third-order valence-corrected chi connectivity index (χ3v) is 6.29. The molecule has 0 aliphatic carbocycles. The van der Waals surface area contributed by atoms with Crippen LogP contribution in [-0.2, 0) is 10.2 Å². The summed E-state index contributed by atoms with van der Waals surface area (Å²) in [6, 6.07) is 9.02. The largest absolute Gasteiger partial charge is 0.492 e. The van der Waals surface area contributed by atoms with Gasteiger partial charge in [0.1, 0.15) is 12.4 Å². The van der Waals surface area contributed by atoms with E-state index in [2.05, 4.69) is 10.2 Å². The molecule has 0 aromatic heterocycles. The maximum absolute atomic E-state index is 13.1. The number of alkyl halides is 2. The Bertz CT molecular complexity index is 1020. The summed E-state index contributed by atoms with van der Waals surface area (Å²) in [7, 11) is 0. The van der Waals surface area contributed by atoms with E-state index in [0.717, 1.165) is 23.4 Å². The van der Waals surface area contributed by atoms with E-state index in [0.29, 0.717) is 37.5 Å². The van der Waals surface area contributed by atoms with Gasteiger partial charge in [-0.1, -0.05) is 11.6 Å². The molecular formula is C22H21ClF2N2O4. The zero-order chi connectivity index (χ0) is 22.2. The number of ether oxygens (including phenoxy) is 1. The number of hydrogen-bond acceptors (Lipinski definition) is 4. The molecule has 0 saturated carbocycles. The molecule has 9 heteroatoms. The van der Waals surface area contributed by atoms with E-state index in [9.17, 15) is 18.4 Å². The number of piperidine rings is 1. The summed E-state index contributed by atoms with van der Waals surface area (Å²) in [6.07, 6.45) is -1.61. The lowest BCUT2D eigenvalue weighted by Gasteiger charge is -2.38. The Hall–Kier alpha value is -2.71. The first-order valence-corrected chi connectivity index (χ1v) is 10.3. The molecule has 2 aromatic carbocycles. The molecule has 0 atom stereocenters. The average molecular weight is 451 g/mol. The van der Waals surface area contributed by atoms with E-state index in [-0.39, 0.29) is 18.3 Å². The number of fused-ring (bicyclic) bond motifs is 2. The number of anilines is 1. The van der Waals surface area contributed by atoms with Crippen molar-refractivity contribution in [1.29, 1.82) is 0 Å². The van der Waals surface area contributed by atoms with Crippen LogP contribution in [-0.4, -0.2) is 48.1 Å². The molecule has 2 heterocycles. The monoisotopic (exact) mass is 450 g/mol. The number of nitrogens with one attached hydrogen (secondary N) is 1. The van der Waals surface area contributed by atoms with Crippen molar-refractivity contribution in [3.8, 4) is 5.75 Å². The summed E-state index contributed by atoms with van der Waals surface area (Å²) < 4.78 is 31.8. The topological polar surface area (TPSA) is 78.9 Å². The van der Waals surface area contributed by atoms with Crippen molar-refractivity contribution >= 4 is 29.2 Å². The van der Waals surface area contributed by atoms with Crippen molar-refractivity contribution in [3.63, 3.8) is 0 Å². The number of amides is 1. The summed E-state index contributed by atoms with van der Waals surface area (Å²) in [5.41, 5.74) is 0.189. The van der Waals surface area contributed by atoms with Gasteiger partial charge in [-0.2, -0.15) is 0 Å². The Labute approximate surface area is 182 Å². The molecule has 2 aromatic rings. The lowest BCUT2D eigenvalue weighted by atomic mass is 9.73. The lowest BCUT2D eigenvalue weighted by molar-refractivity contribution is -0.122. The minimum Gasteiger partial charge on any atom is -0.492 e. The predicted octanol–water partition coefficient (Wildman–Crippen LogP) is 4.34. The van der Waals surface area contributed by atoms with Crippen LogP contribution in [0.25, 0.3) is 0 Å². The molecule has 4 rings (SSSR count). The number of aromatic carboxylic acids is 1. The number of halogens is 3. The predicted molar refractivity (Wildman–Crippen MR) is 111 cm³/mol. The summed E-state index contributed by atoms with van der Waals surface area (Å²) in [4.78, 5) is 25.9. The summed E-state index contributed by atoms with van der Waals surface area (Å²) in [6.45, 7) is 2.19. The van der Waals surface area contributed by atoms with Crippen molar-refractivity contribution < 1.29 is 28.2 Å². The standard InChI is InChI=1S/C22H21ClF2N2O4/c23-13-1-4-18-17(11-13)22(21(30)26-18)5-7-27(8-6-22)9-10-31-14-2-3-15(20(28)29)16(12-14)19(24)25/h1-4,11-12,19H,5-10H2,(H,26,30)(H,28,29). The van der Waals surface area contributed by atoms with Gasteiger partial charge in [-0.25, -0.2) is 13.6 Å². The summed E-state index contributed by atoms with van der Waals surface area (Å²) in [5.74, 6) is -1.20. The maximum Gasteiger partial charge on any atom is 0.336 e. The second-order valence-corrected chi connectivity index (χ2v) is 8.21. The summed E-state index contributed by atoms with van der Waals surface area (Å²) >= 11 is 6.14. The number of likely N-dealkylation sites (tertiary alicyclic amines) is 1. The highest BCUT2D eigenvalue weighted by Gasteiger charge is 2.48. The van der Waals surface area contributed by atoms with Gasteiger partial charge in [0.15, 0.2) is 0 Å². The molecule has 0 bridgehead atoms. The van der Waals surface area contributed by atoms with Gasteiger partial charge >= 0.3 is 5.97 Å². The fourth-order valence-electron chi connectivity index (χ4n) is 4.34. The Morgan fingerprint density at radius 1 is 1.23 bits per heavy atom. The highest BCUT2D eigenvalue weighted by Crippen LogP contribution is 2.45. The average Bonchev–Trinajstić information content (AvgIpc) is 3.00. The zero-order valence-electron chi connectivity index (χ0n) is 16.5. The van der Waals surface area contributed by atoms with Gasteiger partial charge in [-0.3, -0.25) is 9.69 Å². The number of carbonyl (C=O) groups excluding carboxylic acids is 1. The number of benzene rings is 2. The molecule has 164 valence electrons. The number of hydrogen-bond donors (Lipinski definition) is 2. The molecule has 1 spiro atoms. The number of rotatable bonds is 6. The van der Waals surface area contributed by atoms with E-state index in [1.165, 1.54) is 6.07 Å². The molecular weight excluding hydrogens is 430 g/mol. The van der Waals surface area contributed by atoms with Crippen LogP contribution in [0.1, 0.15) is 40.8 Å². The third-order valence-electron chi connectivity index (χ3n) is 6.05. The highest BCUT2D eigenvalue weighted by molar-refractivity contribution is 6.31. The number of carboxylic acid groups (broad SMARTS) is 1. The van der Waals surface area contributed by atoms with Crippen LogP contribution in [0.3, 0.4) is 0 Å². The fraction of sp³-hybridized carbons (Fsp3) is 0.364. The molecule has 2 aliphatic heterocycles. The van der Waals surface area contributed by atoms with Crippen LogP contribution < -0.4 is 10.1 Å². The molecule has 1 saturated heterocycles. The third kappa shape index (κ3) is 4.09. The minimum atomic E-state index is -2.90. The van der Waals surface area contributed by atoms with E-state index in [1.807, 2.05) is 12.1 Å². The van der Waals surface area contributed by atoms with Crippen LogP contribution in [0.15, 0.2) is 36.4 Å². The Kier molecular flexibility index (Phi) is 5.85. The van der Waals surface area contributed by atoms with Gasteiger partial charge < -0.3 is 15.2 Å². The van der Waals surface area contributed by atoms with Crippen LogP contribution in [0.5, 0.6) is 5.75 Å². The molecule has 0 radical (unpaired) electrons. The second kappa shape index (κ2) is 8.43. The normalized spacial score (nSPS) is 17.6. The number of nitrogens with zero attached hydrogens (tertiary/aromatic N) is 1.